The molecule has 0 radical (unpaired) electrons. The van der Waals surface area contributed by atoms with E-state index in [1.807, 2.05) is 0 Å². The highest BCUT2D eigenvalue weighted by atomic mass is 32.2. The number of nitrogen functional groups attached to an aromatic ring is 1. The van der Waals surface area contributed by atoms with Gasteiger partial charge in [-0.25, -0.2) is 13.2 Å². The molecule has 0 unspecified atom stereocenters. The number of methoxy groups -OCH3 is 1. The fourth-order valence-electron chi connectivity index (χ4n) is 2.03. The molecule has 20 heavy (non-hydrogen) atoms. The van der Waals surface area contributed by atoms with E-state index in [1.54, 1.807) is 12.1 Å². The van der Waals surface area contributed by atoms with Gasteiger partial charge in [-0.2, -0.15) is 4.31 Å². The molecule has 2 rings (SSSR count). The fraction of sp³-hybridized carbons (Fsp3) is 0.417. The summed E-state index contributed by atoms with van der Waals surface area (Å²) in [5, 5.41) is 0. The van der Waals surface area contributed by atoms with Crippen molar-refractivity contribution in [1.82, 2.24) is 9.21 Å². The maximum absolute atomic E-state index is 12.4. The molecule has 1 aliphatic heterocycles. The average molecular weight is 299 g/mol. The Labute approximate surface area is 118 Å². The van der Waals surface area contributed by atoms with Gasteiger partial charge in [-0.05, 0) is 24.3 Å². The summed E-state index contributed by atoms with van der Waals surface area (Å²) in [4.78, 5) is 13.0. The Balaban J connectivity index is 2.09. The summed E-state index contributed by atoms with van der Waals surface area (Å²) in [6.07, 6.45) is -0.436. The molecule has 0 bridgehead atoms. The second-order valence-electron chi connectivity index (χ2n) is 4.43. The van der Waals surface area contributed by atoms with Crippen LogP contribution < -0.4 is 5.73 Å². The van der Waals surface area contributed by atoms with E-state index in [0.717, 1.165) is 0 Å². The number of ether oxygens (including phenoxy) is 1. The highest BCUT2D eigenvalue weighted by Gasteiger charge is 2.30. The summed E-state index contributed by atoms with van der Waals surface area (Å²) in [6, 6.07) is 6.07. The zero-order valence-corrected chi connectivity index (χ0v) is 12.0. The number of carbonyl (C=O) groups excluding carboxylic acids is 1. The molecule has 0 spiro atoms. The van der Waals surface area contributed by atoms with Crippen LogP contribution in [-0.2, 0) is 14.8 Å². The first kappa shape index (κ1) is 14.6. The lowest BCUT2D eigenvalue weighted by molar-refractivity contribution is 0.108. The van der Waals surface area contributed by atoms with Gasteiger partial charge in [0, 0.05) is 31.9 Å². The molecule has 1 aromatic carbocycles. The summed E-state index contributed by atoms with van der Waals surface area (Å²) >= 11 is 0. The van der Waals surface area contributed by atoms with Crippen molar-refractivity contribution in [3.05, 3.63) is 24.3 Å². The van der Waals surface area contributed by atoms with Gasteiger partial charge in [-0.3, -0.25) is 0 Å². The molecular formula is C12H17N3O4S. The quantitative estimate of drug-likeness (QED) is 0.795. The van der Waals surface area contributed by atoms with Crippen LogP contribution in [0.1, 0.15) is 0 Å². The van der Waals surface area contributed by atoms with Gasteiger partial charge in [0.05, 0.1) is 12.0 Å². The molecule has 7 nitrogen and oxygen atoms in total. The van der Waals surface area contributed by atoms with Gasteiger partial charge < -0.3 is 15.4 Å². The van der Waals surface area contributed by atoms with Crippen molar-refractivity contribution in [2.24, 2.45) is 0 Å². The van der Waals surface area contributed by atoms with E-state index in [9.17, 15) is 13.2 Å². The minimum atomic E-state index is -3.54. The van der Waals surface area contributed by atoms with Gasteiger partial charge in [0.25, 0.3) is 0 Å². The number of hydrogen-bond acceptors (Lipinski definition) is 5. The third-order valence-corrected chi connectivity index (χ3v) is 5.10. The molecule has 0 saturated carbocycles. The van der Waals surface area contributed by atoms with Crippen LogP contribution in [-0.4, -0.2) is 57.0 Å². The van der Waals surface area contributed by atoms with Crippen molar-refractivity contribution < 1.29 is 17.9 Å². The van der Waals surface area contributed by atoms with E-state index in [2.05, 4.69) is 4.74 Å². The summed E-state index contributed by atoms with van der Waals surface area (Å²) in [7, 11) is -2.23. The Morgan fingerprint density at radius 1 is 1.15 bits per heavy atom. The highest BCUT2D eigenvalue weighted by Crippen LogP contribution is 2.18. The Morgan fingerprint density at radius 3 is 2.20 bits per heavy atom. The minimum absolute atomic E-state index is 0.207. The third kappa shape index (κ3) is 2.86. The third-order valence-electron chi connectivity index (χ3n) is 3.19. The molecule has 0 aromatic heterocycles. The van der Waals surface area contributed by atoms with Crippen LogP contribution in [0.3, 0.4) is 0 Å². The van der Waals surface area contributed by atoms with Gasteiger partial charge in [0.2, 0.25) is 10.0 Å². The zero-order chi connectivity index (χ0) is 14.8. The van der Waals surface area contributed by atoms with Crippen LogP contribution >= 0.6 is 0 Å². The largest absolute Gasteiger partial charge is 0.453 e. The van der Waals surface area contributed by atoms with Gasteiger partial charge in [0.1, 0.15) is 0 Å². The molecule has 0 atom stereocenters. The molecular weight excluding hydrogens is 282 g/mol. The van der Waals surface area contributed by atoms with Crippen molar-refractivity contribution in [3.8, 4) is 0 Å². The van der Waals surface area contributed by atoms with Crippen molar-refractivity contribution in [1.29, 1.82) is 0 Å². The molecule has 8 heteroatoms. The van der Waals surface area contributed by atoms with E-state index < -0.39 is 16.1 Å². The maximum Gasteiger partial charge on any atom is 0.409 e. The van der Waals surface area contributed by atoms with E-state index in [0.29, 0.717) is 18.8 Å². The molecule has 2 N–H and O–H groups in total. The number of anilines is 1. The maximum atomic E-state index is 12.4. The number of benzene rings is 1. The van der Waals surface area contributed by atoms with Crippen molar-refractivity contribution in [2.45, 2.75) is 4.90 Å². The molecule has 1 heterocycles. The Bertz CT molecular complexity index is 577. The van der Waals surface area contributed by atoms with Crippen molar-refractivity contribution in [2.75, 3.05) is 39.0 Å². The van der Waals surface area contributed by atoms with Crippen molar-refractivity contribution in [3.63, 3.8) is 0 Å². The number of amides is 1. The van der Waals surface area contributed by atoms with Crippen LogP contribution in [0.5, 0.6) is 0 Å². The topological polar surface area (TPSA) is 92.9 Å². The molecule has 1 fully saturated rings. The Hall–Kier alpha value is -1.80. The second-order valence-corrected chi connectivity index (χ2v) is 6.37. The molecule has 1 amide bonds. The van der Waals surface area contributed by atoms with Gasteiger partial charge in [0.15, 0.2) is 0 Å². The molecule has 1 aromatic rings. The van der Waals surface area contributed by atoms with E-state index >= 15 is 0 Å². The van der Waals surface area contributed by atoms with Crippen LogP contribution in [0.15, 0.2) is 29.2 Å². The molecule has 110 valence electrons. The highest BCUT2D eigenvalue weighted by molar-refractivity contribution is 7.89. The first-order valence-electron chi connectivity index (χ1n) is 6.14. The predicted molar refractivity (Wildman–Crippen MR) is 73.6 cm³/mol. The minimum Gasteiger partial charge on any atom is -0.453 e. The lowest BCUT2D eigenvalue weighted by Gasteiger charge is -2.33. The van der Waals surface area contributed by atoms with E-state index in [-0.39, 0.29) is 18.0 Å². The average Bonchev–Trinajstić information content (AvgIpc) is 2.47. The van der Waals surface area contributed by atoms with Gasteiger partial charge in [-0.15, -0.1) is 0 Å². The molecule has 0 aliphatic carbocycles. The normalized spacial score (nSPS) is 16.9. The number of piperazine rings is 1. The zero-order valence-electron chi connectivity index (χ0n) is 11.2. The standard InChI is InChI=1S/C12H17N3O4S/c1-19-12(16)14-6-8-15(9-7-14)20(17,18)11-4-2-10(13)3-5-11/h2-5H,6-9,13H2,1H3. The number of nitrogens with two attached hydrogens (primary N) is 1. The predicted octanol–water partition coefficient (Wildman–Crippen LogP) is 0.341. The number of hydrogen-bond donors (Lipinski definition) is 1. The monoisotopic (exact) mass is 299 g/mol. The first-order chi connectivity index (χ1) is 9.45. The van der Waals surface area contributed by atoms with Crippen molar-refractivity contribution >= 4 is 21.8 Å². The van der Waals surface area contributed by atoms with E-state index in [4.69, 9.17) is 5.73 Å². The summed E-state index contributed by atoms with van der Waals surface area (Å²) in [5.41, 5.74) is 6.06. The lowest BCUT2D eigenvalue weighted by Crippen LogP contribution is -2.50. The van der Waals surface area contributed by atoms with Gasteiger partial charge >= 0.3 is 6.09 Å². The number of sulfonamides is 1. The number of rotatable bonds is 2. The number of nitrogens with zero attached hydrogens (tertiary/aromatic N) is 2. The van der Waals surface area contributed by atoms with Crippen LogP contribution in [0.4, 0.5) is 10.5 Å². The molecule has 1 saturated heterocycles. The number of carbonyl (C=O) groups is 1. The summed E-state index contributed by atoms with van der Waals surface area (Å²) < 4.78 is 30.8. The fourth-order valence-corrected chi connectivity index (χ4v) is 3.45. The Kier molecular flexibility index (Phi) is 4.15. The summed E-state index contributed by atoms with van der Waals surface area (Å²) in [6.45, 7) is 1.14. The summed E-state index contributed by atoms with van der Waals surface area (Å²) in [5.74, 6) is 0. The van der Waals surface area contributed by atoms with Gasteiger partial charge in [-0.1, -0.05) is 0 Å². The smallest absolute Gasteiger partial charge is 0.409 e. The second kappa shape index (κ2) is 5.68. The Morgan fingerprint density at radius 2 is 1.70 bits per heavy atom. The van der Waals surface area contributed by atoms with Crippen LogP contribution in [0, 0.1) is 0 Å². The van der Waals surface area contributed by atoms with Crippen LogP contribution in [0.25, 0.3) is 0 Å². The lowest BCUT2D eigenvalue weighted by atomic mass is 10.3. The first-order valence-corrected chi connectivity index (χ1v) is 7.58. The molecule has 1 aliphatic rings. The van der Waals surface area contributed by atoms with Crippen LogP contribution in [0.2, 0.25) is 0 Å². The SMILES string of the molecule is COC(=O)N1CCN(S(=O)(=O)c2ccc(N)cc2)CC1. The van der Waals surface area contributed by atoms with E-state index in [1.165, 1.54) is 28.4 Å².